The van der Waals surface area contributed by atoms with Gasteiger partial charge in [-0.05, 0) is 41.4 Å². The van der Waals surface area contributed by atoms with Gasteiger partial charge in [-0.25, -0.2) is 0 Å². The number of hydrogen-bond donors (Lipinski definition) is 1. The van der Waals surface area contributed by atoms with Crippen molar-refractivity contribution in [3.63, 3.8) is 0 Å². The number of rotatable bonds is 2. The van der Waals surface area contributed by atoms with Gasteiger partial charge < -0.3 is 5.11 Å². The maximum Gasteiger partial charge on any atom is 0.128 e. The molecule has 0 aliphatic carbocycles. The number of aliphatic hydroxyl groups excluding tert-OH is 1. The topological polar surface area (TPSA) is 20.2 Å². The van der Waals surface area contributed by atoms with Gasteiger partial charge in [-0.2, -0.15) is 0 Å². The van der Waals surface area contributed by atoms with Crippen molar-refractivity contribution in [3.8, 4) is 0 Å². The van der Waals surface area contributed by atoms with Crippen LogP contribution in [-0.4, -0.2) is 5.11 Å². The minimum absolute atomic E-state index is 0.278. The first-order valence-corrected chi connectivity index (χ1v) is 4.74. The summed E-state index contributed by atoms with van der Waals surface area (Å²) in [5, 5.41) is 9.24. The molecular weight excluding hydrogens is 216 g/mol. The first-order valence-electron chi connectivity index (χ1n) is 3.94. The highest BCUT2D eigenvalue weighted by atomic mass is 79.9. The van der Waals surface area contributed by atoms with Gasteiger partial charge in [0.05, 0.1) is 4.48 Å². The molecule has 0 aromatic rings. The number of aliphatic hydroxyl groups is 1. The molecule has 0 spiro atoms. The molecule has 0 aromatic heterocycles. The minimum atomic E-state index is 0.278. The Balaban J connectivity index is 0. The second kappa shape index (κ2) is 8.60. The Morgan fingerprint density at radius 2 is 1.75 bits per heavy atom. The largest absolute Gasteiger partial charge is 0.507 e. The van der Waals surface area contributed by atoms with E-state index in [1.807, 2.05) is 27.7 Å². The quantitative estimate of drug-likeness (QED) is 0.556. The van der Waals surface area contributed by atoms with Crippen LogP contribution in [0.5, 0.6) is 0 Å². The maximum absolute atomic E-state index is 9.24. The van der Waals surface area contributed by atoms with E-state index in [0.29, 0.717) is 4.48 Å². The summed E-state index contributed by atoms with van der Waals surface area (Å²) in [4.78, 5) is 0. The fourth-order valence-electron chi connectivity index (χ4n) is 0.421. The summed E-state index contributed by atoms with van der Waals surface area (Å²) in [6.45, 7) is 11.2. The number of allylic oxidation sites excluding steroid dienone is 4. The van der Waals surface area contributed by atoms with Crippen molar-refractivity contribution in [1.29, 1.82) is 0 Å². The van der Waals surface area contributed by atoms with Crippen molar-refractivity contribution in [1.82, 2.24) is 0 Å². The molecule has 0 fully saturated rings. The molecular formula is C10H17BrO. The van der Waals surface area contributed by atoms with Crippen LogP contribution in [0.1, 0.15) is 27.7 Å². The van der Waals surface area contributed by atoms with E-state index >= 15 is 0 Å². The first-order chi connectivity index (χ1) is 5.59. The van der Waals surface area contributed by atoms with Crippen LogP contribution in [0, 0.1) is 0 Å². The Hall–Kier alpha value is -0.500. The van der Waals surface area contributed by atoms with Crippen LogP contribution in [0.15, 0.2) is 34.5 Å². The molecule has 0 atom stereocenters. The van der Waals surface area contributed by atoms with Crippen molar-refractivity contribution < 1.29 is 5.11 Å². The van der Waals surface area contributed by atoms with Crippen LogP contribution < -0.4 is 0 Å². The molecule has 1 nitrogen and oxygen atoms in total. The monoisotopic (exact) mass is 232 g/mol. The number of hydrogen-bond acceptors (Lipinski definition) is 1. The van der Waals surface area contributed by atoms with E-state index in [-0.39, 0.29) is 5.76 Å². The molecule has 0 saturated carbocycles. The Bertz CT molecular complexity index is 186. The molecule has 0 amide bonds. The summed E-state index contributed by atoms with van der Waals surface area (Å²) in [5.74, 6) is 0.278. The van der Waals surface area contributed by atoms with Gasteiger partial charge in [0.1, 0.15) is 5.76 Å². The SMILES string of the molecule is C=C/C=C(/Br)C(O)=C(C)C.CC. The Morgan fingerprint density at radius 3 is 2.00 bits per heavy atom. The van der Waals surface area contributed by atoms with E-state index in [0.717, 1.165) is 5.57 Å². The highest BCUT2D eigenvalue weighted by Gasteiger charge is 1.97. The molecule has 70 valence electrons. The highest BCUT2D eigenvalue weighted by molar-refractivity contribution is 9.11. The molecule has 0 bridgehead atoms. The molecule has 1 N–H and O–H groups in total. The molecule has 0 rings (SSSR count). The van der Waals surface area contributed by atoms with E-state index in [1.54, 1.807) is 12.2 Å². The zero-order valence-corrected chi connectivity index (χ0v) is 9.77. The molecule has 12 heavy (non-hydrogen) atoms. The van der Waals surface area contributed by atoms with Crippen molar-refractivity contribution in [2.45, 2.75) is 27.7 Å². The van der Waals surface area contributed by atoms with E-state index in [1.165, 1.54) is 0 Å². The normalized spacial score (nSPS) is 9.58. The van der Waals surface area contributed by atoms with Crippen LogP contribution in [0.4, 0.5) is 0 Å². The second-order valence-corrected chi connectivity index (χ2v) is 2.95. The van der Waals surface area contributed by atoms with Gasteiger partial charge in [-0.1, -0.05) is 26.5 Å². The summed E-state index contributed by atoms with van der Waals surface area (Å²) in [5.41, 5.74) is 0.880. The second-order valence-electron chi connectivity index (χ2n) is 2.10. The Labute approximate surface area is 83.6 Å². The van der Waals surface area contributed by atoms with E-state index in [9.17, 15) is 5.11 Å². The lowest BCUT2D eigenvalue weighted by Gasteiger charge is -1.98. The van der Waals surface area contributed by atoms with Gasteiger partial charge in [0.2, 0.25) is 0 Å². The smallest absolute Gasteiger partial charge is 0.128 e. The summed E-state index contributed by atoms with van der Waals surface area (Å²) in [6.07, 6.45) is 3.31. The third kappa shape index (κ3) is 6.23. The summed E-state index contributed by atoms with van der Waals surface area (Å²) < 4.78 is 0.669. The number of halogens is 1. The lowest BCUT2D eigenvalue weighted by Crippen LogP contribution is -1.82. The molecule has 2 heteroatoms. The molecule has 0 aliphatic heterocycles. The van der Waals surface area contributed by atoms with Gasteiger partial charge in [0, 0.05) is 0 Å². The first kappa shape index (κ1) is 14.0. The van der Waals surface area contributed by atoms with Gasteiger partial charge in [-0.3, -0.25) is 0 Å². The molecule has 0 aliphatic rings. The predicted molar refractivity (Wildman–Crippen MR) is 59.6 cm³/mol. The van der Waals surface area contributed by atoms with Crippen molar-refractivity contribution >= 4 is 15.9 Å². The van der Waals surface area contributed by atoms with E-state index in [4.69, 9.17) is 0 Å². The van der Waals surface area contributed by atoms with E-state index < -0.39 is 0 Å². The van der Waals surface area contributed by atoms with Crippen LogP contribution in [0.2, 0.25) is 0 Å². The zero-order chi connectivity index (χ0) is 10.1. The maximum atomic E-state index is 9.24. The van der Waals surface area contributed by atoms with Crippen molar-refractivity contribution in [2.75, 3.05) is 0 Å². The lowest BCUT2D eigenvalue weighted by atomic mass is 10.3. The average molecular weight is 233 g/mol. The third-order valence-electron chi connectivity index (χ3n) is 0.964. The van der Waals surface area contributed by atoms with Crippen LogP contribution in [0.25, 0.3) is 0 Å². The molecule has 0 unspecified atom stereocenters. The van der Waals surface area contributed by atoms with Gasteiger partial charge in [0.15, 0.2) is 0 Å². The lowest BCUT2D eigenvalue weighted by molar-refractivity contribution is 0.424. The Morgan fingerprint density at radius 1 is 1.33 bits per heavy atom. The molecule has 0 saturated heterocycles. The van der Waals surface area contributed by atoms with Gasteiger partial charge in [0.25, 0.3) is 0 Å². The summed E-state index contributed by atoms with van der Waals surface area (Å²) >= 11 is 3.19. The fourth-order valence-corrected chi connectivity index (χ4v) is 1.00. The summed E-state index contributed by atoms with van der Waals surface area (Å²) in [6, 6.07) is 0. The van der Waals surface area contributed by atoms with Crippen LogP contribution >= 0.6 is 15.9 Å². The summed E-state index contributed by atoms with van der Waals surface area (Å²) in [7, 11) is 0. The van der Waals surface area contributed by atoms with Crippen LogP contribution in [0.3, 0.4) is 0 Å². The standard InChI is InChI=1S/C8H11BrO.C2H6/c1-4-5-7(9)8(10)6(2)3;1-2/h4-5,10H,1H2,2-3H3;1-2H3/b7-5+;. The van der Waals surface area contributed by atoms with Gasteiger partial charge in [-0.15, -0.1) is 0 Å². The molecule has 0 radical (unpaired) electrons. The highest BCUT2D eigenvalue weighted by Crippen LogP contribution is 2.17. The fraction of sp³-hybridized carbons (Fsp3) is 0.400. The Kier molecular flexibility index (Phi) is 10.1. The molecule has 0 heterocycles. The van der Waals surface area contributed by atoms with Crippen molar-refractivity contribution in [2.24, 2.45) is 0 Å². The van der Waals surface area contributed by atoms with Crippen LogP contribution in [-0.2, 0) is 0 Å². The van der Waals surface area contributed by atoms with E-state index in [2.05, 4.69) is 22.5 Å². The predicted octanol–water partition coefficient (Wildman–Crippen LogP) is 4.33. The van der Waals surface area contributed by atoms with Crippen molar-refractivity contribution in [3.05, 3.63) is 34.5 Å². The average Bonchev–Trinajstić information content (AvgIpc) is 2.07. The molecule has 0 aromatic carbocycles. The minimum Gasteiger partial charge on any atom is -0.507 e. The zero-order valence-electron chi connectivity index (χ0n) is 8.19. The van der Waals surface area contributed by atoms with Gasteiger partial charge >= 0.3 is 0 Å². The third-order valence-corrected chi connectivity index (χ3v) is 1.60.